The topological polar surface area (TPSA) is 459 Å². The van der Waals surface area contributed by atoms with Crippen LogP contribution in [0.3, 0.4) is 0 Å². The molecular weight excluding hydrogens is 1150 g/mol. The third-order valence-electron chi connectivity index (χ3n) is 13.9. The first kappa shape index (κ1) is 81.6. The fourth-order valence-corrected chi connectivity index (χ4v) is 8.80. The minimum absolute atomic E-state index is 0.0581. The van der Waals surface area contributed by atoms with E-state index in [1.165, 1.54) is 38.5 Å². The van der Waals surface area contributed by atoms with Crippen LogP contribution in [-0.4, -0.2) is 201 Å². The molecule has 88 heavy (non-hydrogen) atoms. The Hall–Kier alpha value is -6.40. The largest absolute Gasteiger partial charge is 0.481 e. The van der Waals surface area contributed by atoms with Crippen molar-refractivity contribution in [3.05, 3.63) is 0 Å². The molecule has 0 unspecified atom stereocenters. The lowest BCUT2D eigenvalue weighted by Crippen LogP contribution is -2.49. The molecule has 29 heteroatoms. The van der Waals surface area contributed by atoms with Gasteiger partial charge in [-0.25, -0.2) is 14.4 Å². The minimum atomic E-state index is -1.57. The highest BCUT2D eigenvalue weighted by Gasteiger charge is 2.27. The van der Waals surface area contributed by atoms with Crippen molar-refractivity contribution in [2.45, 2.75) is 217 Å². The molecule has 0 rings (SSSR count). The Morgan fingerprint density at radius 1 is 0.386 bits per heavy atom. The van der Waals surface area contributed by atoms with Gasteiger partial charge >= 0.3 is 23.9 Å². The van der Waals surface area contributed by atoms with Gasteiger partial charge in [-0.15, -0.1) is 0 Å². The molecule has 29 nitrogen and oxygen atoms in total. The second-order valence-corrected chi connectivity index (χ2v) is 22.0. The molecule has 0 aliphatic heterocycles. The first-order valence-electron chi connectivity index (χ1n) is 31.2. The maximum absolute atomic E-state index is 12.7. The highest BCUT2D eigenvalue weighted by atomic mass is 16.5. The van der Waals surface area contributed by atoms with E-state index in [4.69, 9.17) is 35.5 Å². The number of nitrogens with two attached hydrogens (primary N) is 2. The lowest BCUT2D eigenvalue weighted by Gasteiger charge is -2.19. The summed E-state index contributed by atoms with van der Waals surface area (Å²) in [4.78, 5) is 144. The molecule has 0 bridgehead atoms. The van der Waals surface area contributed by atoms with Crippen LogP contribution >= 0.6 is 0 Å². The van der Waals surface area contributed by atoms with Gasteiger partial charge in [0.2, 0.25) is 41.4 Å². The number of nitrogens with one attached hydrogen (secondary N) is 7. The van der Waals surface area contributed by atoms with Crippen LogP contribution < -0.4 is 48.7 Å². The van der Waals surface area contributed by atoms with Crippen molar-refractivity contribution in [3.8, 4) is 0 Å². The number of amides is 7. The lowest BCUT2D eigenvalue weighted by atomic mass is 10.0. The van der Waals surface area contributed by atoms with Gasteiger partial charge in [0.15, 0.2) is 5.78 Å². The van der Waals surface area contributed by atoms with Crippen molar-refractivity contribution in [3.63, 3.8) is 0 Å². The predicted octanol–water partition coefficient (Wildman–Crippen LogP) is 1.72. The van der Waals surface area contributed by atoms with Crippen molar-refractivity contribution in [2.75, 3.05) is 79.0 Å². The molecule has 5 atom stereocenters. The summed E-state index contributed by atoms with van der Waals surface area (Å²) in [6.07, 6.45) is 16.5. The molecule has 0 saturated heterocycles. The monoisotopic (exact) mass is 1260 g/mol. The van der Waals surface area contributed by atoms with Crippen molar-refractivity contribution in [1.29, 1.82) is 0 Å². The van der Waals surface area contributed by atoms with E-state index in [1.54, 1.807) is 0 Å². The molecule has 0 spiro atoms. The third-order valence-corrected chi connectivity index (χ3v) is 13.9. The molecule has 0 heterocycles. The number of carboxylic acids is 4. The van der Waals surface area contributed by atoms with E-state index in [-0.39, 0.29) is 122 Å². The summed E-state index contributed by atoms with van der Waals surface area (Å²) in [6, 6.07) is -5.78. The number of carbonyl (C=O) groups excluding carboxylic acids is 8. The zero-order valence-corrected chi connectivity index (χ0v) is 52.0. The van der Waals surface area contributed by atoms with Gasteiger partial charge < -0.3 is 82.7 Å². The molecule has 7 amide bonds. The van der Waals surface area contributed by atoms with Crippen molar-refractivity contribution in [1.82, 2.24) is 37.2 Å². The number of carboxylic acid groups (broad SMARTS) is 4. The number of primary amides is 1. The van der Waals surface area contributed by atoms with Gasteiger partial charge in [0.05, 0.1) is 58.3 Å². The van der Waals surface area contributed by atoms with Gasteiger partial charge in [0.25, 0.3) is 0 Å². The smallest absolute Gasteiger partial charge is 0.326 e. The molecule has 0 aliphatic rings. The number of ether oxygens (including phenoxy) is 4. The maximum atomic E-state index is 12.7. The molecule has 0 fully saturated rings. The molecule has 0 aromatic carbocycles. The number of hydrogen-bond donors (Lipinski definition) is 13. The van der Waals surface area contributed by atoms with Crippen molar-refractivity contribution >= 4 is 71.0 Å². The van der Waals surface area contributed by atoms with Gasteiger partial charge in [-0.2, -0.15) is 0 Å². The second kappa shape index (κ2) is 53.6. The number of carbonyl (C=O) groups is 12. The van der Waals surface area contributed by atoms with Crippen molar-refractivity contribution < 1.29 is 96.9 Å². The molecule has 0 aromatic heterocycles. The van der Waals surface area contributed by atoms with Crippen LogP contribution in [0.15, 0.2) is 0 Å². The number of rotatable bonds is 61. The molecule has 0 aliphatic carbocycles. The summed E-state index contributed by atoms with van der Waals surface area (Å²) in [5.41, 5.74) is 11.3. The van der Waals surface area contributed by atoms with E-state index >= 15 is 0 Å². The van der Waals surface area contributed by atoms with E-state index in [1.807, 2.05) is 13.8 Å². The van der Waals surface area contributed by atoms with Crippen LogP contribution in [0.4, 0.5) is 0 Å². The average molecular weight is 1260 g/mol. The molecule has 0 aromatic rings. The first-order valence-corrected chi connectivity index (χ1v) is 31.2. The van der Waals surface area contributed by atoms with Crippen molar-refractivity contribution in [2.24, 2.45) is 17.4 Å². The van der Waals surface area contributed by atoms with Gasteiger partial charge in [-0.1, -0.05) is 104 Å². The maximum Gasteiger partial charge on any atom is 0.326 e. The van der Waals surface area contributed by atoms with Crippen LogP contribution in [0.2, 0.25) is 0 Å². The lowest BCUT2D eigenvalue weighted by molar-refractivity contribution is -0.144. The fraction of sp³-hybridized carbons (Fsp3) is 0.797. The molecular formula is C59H105N9O20. The second-order valence-electron chi connectivity index (χ2n) is 22.0. The molecule has 506 valence electrons. The van der Waals surface area contributed by atoms with Crippen LogP contribution in [0.25, 0.3) is 0 Å². The Morgan fingerprint density at radius 2 is 0.739 bits per heavy atom. The van der Waals surface area contributed by atoms with E-state index in [0.29, 0.717) is 32.2 Å². The zero-order valence-electron chi connectivity index (χ0n) is 52.0. The Labute approximate surface area is 517 Å². The average Bonchev–Trinajstić information content (AvgIpc) is 3.65. The van der Waals surface area contributed by atoms with Crippen LogP contribution in [-0.2, 0) is 76.5 Å². The number of unbranched alkanes of at least 4 members (excludes halogenated alkanes) is 16. The summed E-state index contributed by atoms with van der Waals surface area (Å²) in [5.74, 6) is -9.28. The van der Waals surface area contributed by atoms with E-state index in [2.05, 4.69) is 37.2 Å². The van der Waals surface area contributed by atoms with E-state index in [9.17, 15) is 72.9 Å². The summed E-state index contributed by atoms with van der Waals surface area (Å²) in [7, 11) is 0. The number of hydrogen-bond acceptors (Lipinski definition) is 18. The Morgan fingerprint density at radius 3 is 1.12 bits per heavy atom. The van der Waals surface area contributed by atoms with Gasteiger partial charge in [-0.3, -0.25) is 48.5 Å². The Balaban J connectivity index is 4.11. The summed E-state index contributed by atoms with van der Waals surface area (Å²) >= 11 is 0. The van der Waals surface area contributed by atoms with Crippen LogP contribution in [0, 0.1) is 5.92 Å². The van der Waals surface area contributed by atoms with Crippen LogP contribution in [0.5, 0.6) is 0 Å². The molecule has 0 saturated carbocycles. The predicted molar refractivity (Wildman–Crippen MR) is 322 cm³/mol. The number of Topliss-reactive ketones (excluding diaryl/α,β-unsaturated/α-hetero) is 1. The standard InChI is InChI=1S/C59H105N9O20/c1-42(2)55(56(61)78)65-39-47(69)43(60)21-19-20-30-62-52(74)40-87-37-36-86-34-32-64-53(75)41-88-38-35-85-33-31-63-48(70)27-24-44(57(79)80)67-50(72)29-26-46(59(83)84)68-51(73)28-25-45(58(81)82)66-49(71)22-17-15-13-11-9-7-5-3-4-6-8-10-12-14-16-18-23-54(76)77/h42-46,55,65H,3-41,60H2,1-2H3,(H2,61,78)(H,62,74)(H,63,70)(H,64,75)(H,66,71)(H,67,72)(H,68,73)(H,76,77)(H,79,80)(H,81,82)(H,83,84)/t43-,44-,45-,46-,55-/m0/s1. The number of ketones is 1. The third kappa shape index (κ3) is 48.6. The van der Waals surface area contributed by atoms with E-state index < -0.39 is 109 Å². The van der Waals surface area contributed by atoms with Gasteiger partial charge in [-0.05, 0) is 57.3 Å². The van der Waals surface area contributed by atoms with Crippen LogP contribution in [0.1, 0.15) is 187 Å². The molecule has 0 radical (unpaired) electrons. The van der Waals surface area contributed by atoms with Gasteiger partial charge in [0, 0.05) is 51.7 Å². The highest BCUT2D eigenvalue weighted by molar-refractivity contribution is 5.88. The number of aliphatic carboxylic acids is 4. The first-order chi connectivity index (χ1) is 42.0. The Kier molecular flexibility index (Phi) is 49.7. The quantitative estimate of drug-likeness (QED) is 0.0386. The minimum Gasteiger partial charge on any atom is -0.481 e. The molecule has 15 N–H and O–H groups in total. The highest BCUT2D eigenvalue weighted by Crippen LogP contribution is 2.15. The fourth-order valence-electron chi connectivity index (χ4n) is 8.80. The van der Waals surface area contributed by atoms with E-state index in [0.717, 1.165) is 57.8 Å². The normalized spacial score (nSPS) is 12.9. The SMILES string of the molecule is CC(C)[C@H](NCC(=O)[C@@H](N)CCCCNC(=O)COCCOCCNC(=O)COCCOCCNC(=O)CC[C@H](NC(=O)CC[C@H](NC(=O)CC[C@H](NC(=O)CCCCCCCCCCCCCCCCCCC(=O)O)C(=O)O)C(=O)O)C(=O)O)C(N)=O. The van der Waals surface area contributed by atoms with Gasteiger partial charge in [0.1, 0.15) is 31.3 Å². The zero-order chi connectivity index (χ0) is 65.7. The summed E-state index contributed by atoms with van der Waals surface area (Å²) in [6.45, 7) is 4.54. The Bertz CT molecular complexity index is 2050. The summed E-state index contributed by atoms with van der Waals surface area (Å²) < 4.78 is 21.3. The summed E-state index contributed by atoms with van der Waals surface area (Å²) in [5, 5.41) is 55.3.